The third-order valence-electron chi connectivity index (χ3n) is 4.97. The molecule has 130 valence electrons. The first kappa shape index (κ1) is 16.3. The Labute approximate surface area is 147 Å². The quantitative estimate of drug-likeness (QED) is 0.853. The summed E-state index contributed by atoms with van der Waals surface area (Å²) < 4.78 is 14.1. The van der Waals surface area contributed by atoms with Crippen LogP contribution in [0.5, 0.6) is 0 Å². The first-order chi connectivity index (χ1) is 11.8. The third kappa shape index (κ3) is 3.72. The zero-order valence-corrected chi connectivity index (χ0v) is 15.0. The van der Waals surface area contributed by atoms with E-state index >= 15 is 0 Å². The Kier molecular flexibility index (Phi) is 4.98. The van der Waals surface area contributed by atoms with Crippen LogP contribution < -0.4 is 0 Å². The number of hydrogen-bond acceptors (Lipinski definition) is 5. The van der Waals surface area contributed by atoms with Crippen LogP contribution in [0.15, 0.2) is 23.7 Å². The van der Waals surface area contributed by atoms with Crippen LogP contribution in [0.25, 0.3) is 0 Å². The second kappa shape index (κ2) is 7.35. The average molecular weight is 347 g/mol. The van der Waals surface area contributed by atoms with Gasteiger partial charge < -0.3 is 14.0 Å². The van der Waals surface area contributed by atoms with E-state index in [4.69, 9.17) is 9.47 Å². The molecule has 1 atom stereocenters. The lowest BCUT2D eigenvalue weighted by molar-refractivity contribution is -0.0199. The molecular weight excluding hydrogens is 322 g/mol. The second-order valence-electron chi connectivity index (χ2n) is 6.72. The largest absolute Gasteiger partial charge is 0.381 e. The fraction of sp³-hybridized carbons (Fsp3) is 0.611. The van der Waals surface area contributed by atoms with Gasteiger partial charge in [0.25, 0.3) is 0 Å². The van der Waals surface area contributed by atoms with Crippen molar-refractivity contribution in [3.8, 4) is 0 Å². The molecule has 2 aliphatic heterocycles. The van der Waals surface area contributed by atoms with Gasteiger partial charge in [-0.05, 0) is 31.9 Å². The Hall–Kier alpha value is -1.21. The molecule has 0 spiro atoms. The fourth-order valence-corrected chi connectivity index (χ4v) is 4.29. The molecule has 2 aromatic heterocycles. The maximum Gasteiger partial charge on any atom is 0.0901 e. The molecule has 2 aliphatic rings. The van der Waals surface area contributed by atoms with Crippen LogP contribution in [0, 0.1) is 6.92 Å². The van der Waals surface area contributed by atoms with Crippen molar-refractivity contribution in [3.63, 3.8) is 0 Å². The highest BCUT2D eigenvalue weighted by Crippen LogP contribution is 2.23. The summed E-state index contributed by atoms with van der Waals surface area (Å²) in [6.07, 6.45) is 4.62. The molecule has 0 bridgehead atoms. The predicted molar refractivity (Wildman–Crippen MR) is 94.1 cm³/mol. The average Bonchev–Trinajstić information content (AvgIpc) is 3.18. The Bertz CT molecular complexity index is 663. The highest BCUT2D eigenvalue weighted by Gasteiger charge is 2.28. The lowest BCUT2D eigenvalue weighted by atomic mass is 10.1. The van der Waals surface area contributed by atoms with Gasteiger partial charge in [-0.2, -0.15) is 0 Å². The van der Waals surface area contributed by atoms with E-state index in [0.29, 0.717) is 12.6 Å². The molecular formula is C18H25N3O2S. The van der Waals surface area contributed by atoms with E-state index in [1.165, 1.54) is 5.69 Å². The van der Waals surface area contributed by atoms with E-state index in [9.17, 15) is 0 Å². The van der Waals surface area contributed by atoms with Gasteiger partial charge in [-0.3, -0.25) is 4.90 Å². The lowest BCUT2D eigenvalue weighted by Gasteiger charge is -2.34. The van der Waals surface area contributed by atoms with Crippen LogP contribution in [0.3, 0.4) is 0 Å². The summed E-state index contributed by atoms with van der Waals surface area (Å²) in [5, 5.41) is 3.20. The van der Waals surface area contributed by atoms with Crippen LogP contribution in [0.2, 0.25) is 0 Å². The van der Waals surface area contributed by atoms with E-state index in [-0.39, 0.29) is 6.10 Å². The Balaban J connectivity index is 1.46. The Morgan fingerprint density at radius 2 is 2.21 bits per heavy atom. The highest BCUT2D eigenvalue weighted by atomic mass is 32.1. The molecule has 24 heavy (non-hydrogen) atoms. The highest BCUT2D eigenvalue weighted by molar-refractivity contribution is 7.09. The van der Waals surface area contributed by atoms with Crippen LogP contribution in [0.4, 0.5) is 0 Å². The Morgan fingerprint density at radius 3 is 3.00 bits per heavy atom. The van der Waals surface area contributed by atoms with Crippen molar-refractivity contribution in [2.75, 3.05) is 19.8 Å². The standard InChI is InChI=1S/C18H25N3O2S/c1-14-19-15(13-24-14)12-23-18-10-20-6-2-3-17(20)9-21(11-18)16-4-7-22-8-5-16/h2-3,6,13,16,18H,4-5,7-12H2,1H3. The van der Waals surface area contributed by atoms with Gasteiger partial charge in [0.1, 0.15) is 0 Å². The van der Waals surface area contributed by atoms with Crippen molar-refractivity contribution in [1.29, 1.82) is 0 Å². The van der Waals surface area contributed by atoms with Gasteiger partial charge in [-0.1, -0.05) is 0 Å². The molecule has 0 amide bonds. The molecule has 1 saturated heterocycles. The summed E-state index contributed by atoms with van der Waals surface area (Å²) in [4.78, 5) is 7.11. The number of ether oxygens (including phenoxy) is 2. The molecule has 0 aliphatic carbocycles. The van der Waals surface area contributed by atoms with Gasteiger partial charge in [-0.25, -0.2) is 4.98 Å². The SMILES string of the molecule is Cc1nc(COC2CN(C3CCOCC3)Cc3cccn3C2)cs1. The zero-order valence-electron chi connectivity index (χ0n) is 14.2. The number of nitrogens with zero attached hydrogens (tertiary/aromatic N) is 3. The van der Waals surface area contributed by atoms with Crippen molar-refractivity contribution in [1.82, 2.24) is 14.5 Å². The van der Waals surface area contributed by atoms with Gasteiger partial charge >= 0.3 is 0 Å². The third-order valence-corrected chi connectivity index (χ3v) is 5.79. The van der Waals surface area contributed by atoms with Crippen molar-refractivity contribution < 1.29 is 9.47 Å². The van der Waals surface area contributed by atoms with E-state index < -0.39 is 0 Å². The minimum atomic E-state index is 0.198. The molecule has 1 unspecified atom stereocenters. The number of thiazole rings is 1. The minimum absolute atomic E-state index is 0.198. The molecule has 0 saturated carbocycles. The normalized spacial score (nSPS) is 23.1. The molecule has 2 aromatic rings. The zero-order chi connectivity index (χ0) is 16.4. The monoisotopic (exact) mass is 347 g/mol. The number of hydrogen-bond donors (Lipinski definition) is 0. The van der Waals surface area contributed by atoms with Crippen molar-refractivity contribution in [3.05, 3.63) is 40.1 Å². The van der Waals surface area contributed by atoms with E-state index in [1.54, 1.807) is 11.3 Å². The molecule has 0 aromatic carbocycles. The summed E-state index contributed by atoms with van der Waals surface area (Å²) in [6.45, 7) is 7.32. The Morgan fingerprint density at radius 1 is 1.33 bits per heavy atom. The first-order valence-electron chi connectivity index (χ1n) is 8.76. The molecule has 0 N–H and O–H groups in total. The summed E-state index contributed by atoms with van der Waals surface area (Å²) in [6, 6.07) is 4.98. The van der Waals surface area contributed by atoms with Gasteiger partial charge in [0, 0.05) is 56.2 Å². The summed E-state index contributed by atoms with van der Waals surface area (Å²) in [7, 11) is 0. The lowest BCUT2D eigenvalue weighted by Crippen LogP contribution is -2.42. The molecule has 6 heteroatoms. The smallest absolute Gasteiger partial charge is 0.0901 e. The second-order valence-corrected chi connectivity index (χ2v) is 7.78. The van der Waals surface area contributed by atoms with Crippen LogP contribution in [-0.2, 0) is 29.2 Å². The molecule has 5 nitrogen and oxygen atoms in total. The molecule has 1 fully saturated rings. The predicted octanol–water partition coefficient (Wildman–Crippen LogP) is 2.83. The number of rotatable bonds is 4. The van der Waals surface area contributed by atoms with Crippen LogP contribution in [-0.4, -0.2) is 46.4 Å². The topological polar surface area (TPSA) is 39.5 Å². The van der Waals surface area contributed by atoms with Crippen molar-refractivity contribution >= 4 is 11.3 Å². The van der Waals surface area contributed by atoms with Gasteiger partial charge in [-0.15, -0.1) is 11.3 Å². The minimum Gasteiger partial charge on any atom is -0.381 e. The molecule has 4 heterocycles. The van der Waals surface area contributed by atoms with Crippen LogP contribution in [0.1, 0.15) is 29.2 Å². The van der Waals surface area contributed by atoms with Crippen LogP contribution >= 0.6 is 11.3 Å². The summed E-state index contributed by atoms with van der Waals surface area (Å²) >= 11 is 1.69. The van der Waals surface area contributed by atoms with E-state index in [2.05, 4.69) is 38.2 Å². The number of fused-ring (bicyclic) bond motifs is 1. The van der Waals surface area contributed by atoms with Gasteiger partial charge in [0.2, 0.25) is 0 Å². The fourth-order valence-electron chi connectivity index (χ4n) is 3.69. The maximum atomic E-state index is 6.26. The van der Waals surface area contributed by atoms with Crippen molar-refractivity contribution in [2.24, 2.45) is 0 Å². The molecule has 4 rings (SSSR count). The summed E-state index contributed by atoms with van der Waals surface area (Å²) in [5.74, 6) is 0. The number of aryl methyl sites for hydroxylation is 1. The van der Waals surface area contributed by atoms with E-state index in [1.807, 2.05) is 6.92 Å². The van der Waals surface area contributed by atoms with E-state index in [0.717, 1.165) is 56.4 Å². The maximum absolute atomic E-state index is 6.26. The van der Waals surface area contributed by atoms with Gasteiger partial charge in [0.05, 0.1) is 23.4 Å². The van der Waals surface area contributed by atoms with Gasteiger partial charge in [0.15, 0.2) is 0 Å². The first-order valence-corrected chi connectivity index (χ1v) is 9.64. The number of aromatic nitrogens is 2. The van der Waals surface area contributed by atoms with Crippen molar-refractivity contribution in [2.45, 2.75) is 51.6 Å². The summed E-state index contributed by atoms with van der Waals surface area (Å²) in [5.41, 5.74) is 2.43. The molecule has 0 radical (unpaired) electrons.